The van der Waals surface area contributed by atoms with Gasteiger partial charge in [0.15, 0.2) is 5.82 Å². The molecular formula is C29H38N6O3. The summed E-state index contributed by atoms with van der Waals surface area (Å²) in [7, 11) is 1.68. The molecule has 0 radical (unpaired) electrons. The minimum absolute atomic E-state index is 0.116. The van der Waals surface area contributed by atoms with E-state index in [9.17, 15) is 4.79 Å². The lowest BCUT2D eigenvalue weighted by atomic mass is 10.0. The van der Waals surface area contributed by atoms with Crippen LogP contribution in [0.4, 0.5) is 0 Å². The fourth-order valence-electron chi connectivity index (χ4n) is 4.74. The number of para-hydroxylation sites is 1. The minimum atomic E-state index is -0.252. The van der Waals surface area contributed by atoms with Gasteiger partial charge in [-0.2, -0.15) is 0 Å². The first kappa shape index (κ1) is 27.3. The van der Waals surface area contributed by atoms with Crippen LogP contribution in [0, 0.1) is 0 Å². The molecular weight excluding hydrogens is 480 g/mol. The first-order valence-corrected chi connectivity index (χ1v) is 13.2. The van der Waals surface area contributed by atoms with Crippen LogP contribution in [0.3, 0.4) is 0 Å². The quantitative estimate of drug-likeness (QED) is 0.275. The fraction of sp³-hybridized carbons (Fsp3) is 0.448. The molecule has 0 amide bonds. The Morgan fingerprint density at radius 1 is 1.05 bits per heavy atom. The van der Waals surface area contributed by atoms with Crippen LogP contribution in [-0.4, -0.2) is 43.8 Å². The number of aromatic nitrogens is 5. The first-order valence-electron chi connectivity index (χ1n) is 13.2. The number of aromatic amines is 1. The van der Waals surface area contributed by atoms with Crippen LogP contribution in [0.5, 0.6) is 11.5 Å². The summed E-state index contributed by atoms with van der Waals surface area (Å²) in [6.45, 7) is 12.0. The Kier molecular flexibility index (Phi) is 8.46. The molecule has 2 aromatic heterocycles. The number of nitrogens with one attached hydrogen (secondary N) is 1. The molecule has 0 aliphatic rings. The maximum Gasteiger partial charge on any atom is 0.252 e. The molecule has 0 saturated heterocycles. The molecule has 1 N–H and O–H groups in total. The van der Waals surface area contributed by atoms with Gasteiger partial charge in [-0.3, -0.25) is 9.69 Å². The van der Waals surface area contributed by atoms with E-state index in [1.807, 2.05) is 54.1 Å². The van der Waals surface area contributed by atoms with Crippen molar-refractivity contribution in [2.75, 3.05) is 13.7 Å². The number of rotatable bonds is 12. The average Bonchev–Trinajstić information content (AvgIpc) is 3.41. The van der Waals surface area contributed by atoms with Gasteiger partial charge in [-0.15, -0.1) is 5.10 Å². The van der Waals surface area contributed by atoms with Crippen LogP contribution >= 0.6 is 0 Å². The molecule has 4 rings (SSSR count). The highest BCUT2D eigenvalue weighted by Crippen LogP contribution is 2.32. The highest BCUT2D eigenvalue weighted by Gasteiger charge is 2.31. The predicted octanol–water partition coefficient (Wildman–Crippen LogP) is 5.22. The third-order valence-electron chi connectivity index (χ3n) is 7.20. The van der Waals surface area contributed by atoms with E-state index in [0.717, 1.165) is 46.6 Å². The summed E-state index contributed by atoms with van der Waals surface area (Å²) >= 11 is 0. The molecule has 0 aliphatic carbocycles. The third kappa shape index (κ3) is 5.72. The molecule has 9 heteroatoms. The standard InChI is InChI=1S/C29H38N6O3/c1-7-25(27-31-32-33-35(27)29(4,5)8-2)34(18-20-12-10-11-13-26(20)37-6)19-22-16-21-17-23(38-9-3)14-15-24(21)30-28(22)36/h10-17,25H,7-9,18-19H2,1-6H3,(H,30,36)/t25-/m0/s1. The maximum atomic E-state index is 13.2. The van der Waals surface area contributed by atoms with Crippen molar-refractivity contribution in [3.8, 4) is 11.5 Å². The Morgan fingerprint density at radius 2 is 1.82 bits per heavy atom. The minimum Gasteiger partial charge on any atom is -0.496 e. The van der Waals surface area contributed by atoms with E-state index in [-0.39, 0.29) is 17.1 Å². The number of H-pyrrole nitrogens is 1. The summed E-state index contributed by atoms with van der Waals surface area (Å²) < 4.78 is 13.3. The van der Waals surface area contributed by atoms with Gasteiger partial charge in [-0.25, -0.2) is 4.68 Å². The van der Waals surface area contributed by atoms with Crippen molar-refractivity contribution in [3.63, 3.8) is 0 Å². The molecule has 9 nitrogen and oxygen atoms in total. The number of fused-ring (bicyclic) bond motifs is 1. The van der Waals surface area contributed by atoms with Crippen molar-refractivity contribution in [2.45, 2.75) is 72.1 Å². The fourth-order valence-corrected chi connectivity index (χ4v) is 4.74. The van der Waals surface area contributed by atoms with Crippen LogP contribution in [0.25, 0.3) is 10.9 Å². The largest absolute Gasteiger partial charge is 0.496 e. The van der Waals surface area contributed by atoms with Crippen molar-refractivity contribution < 1.29 is 9.47 Å². The molecule has 38 heavy (non-hydrogen) atoms. The molecule has 2 aromatic carbocycles. The zero-order valence-electron chi connectivity index (χ0n) is 23.2. The monoisotopic (exact) mass is 518 g/mol. The van der Waals surface area contributed by atoms with Gasteiger partial charge in [0.2, 0.25) is 0 Å². The van der Waals surface area contributed by atoms with Crippen molar-refractivity contribution in [3.05, 3.63) is 75.8 Å². The number of methoxy groups -OCH3 is 1. The van der Waals surface area contributed by atoms with Crippen molar-refractivity contribution in [1.82, 2.24) is 30.1 Å². The number of ether oxygens (including phenoxy) is 2. The lowest BCUT2D eigenvalue weighted by Gasteiger charge is -2.33. The molecule has 2 heterocycles. The molecule has 0 bridgehead atoms. The number of nitrogens with zero attached hydrogens (tertiary/aromatic N) is 5. The molecule has 202 valence electrons. The molecule has 0 aliphatic heterocycles. The second-order valence-corrected chi connectivity index (χ2v) is 10.1. The summed E-state index contributed by atoms with van der Waals surface area (Å²) in [6, 6.07) is 15.5. The lowest BCUT2D eigenvalue weighted by Crippen LogP contribution is -2.36. The van der Waals surface area contributed by atoms with E-state index < -0.39 is 0 Å². The molecule has 0 unspecified atom stereocenters. The van der Waals surface area contributed by atoms with E-state index in [2.05, 4.69) is 59.2 Å². The second kappa shape index (κ2) is 11.8. The number of tetrazole rings is 1. The number of benzene rings is 2. The van der Waals surface area contributed by atoms with Gasteiger partial charge < -0.3 is 14.5 Å². The summed E-state index contributed by atoms with van der Waals surface area (Å²) in [5.74, 6) is 2.36. The van der Waals surface area contributed by atoms with Crippen LogP contribution in [0.1, 0.15) is 70.5 Å². The Balaban J connectivity index is 1.80. The van der Waals surface area contributed by atoms with E-state index in [4.69, 9.17) is 9.47 Å². The van der Waals surface area contributed by atoms with E-state index in [1.165, 1.54) is 0 Å². The van der Waals surface area contributed by atoms with Gasteiger partial charge in [0.1, 0.15) is 11.5 Å². The van der Waals surface area contributed by atoms with E-state index in [0.29, 0.717) is 25.3 Å². The second-order valence-electron chi connectivity index (χ2n) is 10.1. The van der Waals surface area contributed by atoms with Crippen LogP contribution < -0.4 is 15.0 Å². The summed E-state index contributed by atoms with van der Waals surface area (Å²) in [5.41, 5.74) is 2.10. The zero-order valence-corrected chi connectivity index (χ0v) is 23.2. The maximum absolute atomic E-state index is 13.2. The van der Waals surface area contributed by atoms with Gasteiger partial charge >= 0.3 is 0 Å². The molecule has 1 atom stereocenters. The van der Waals surface area contributed by atoms with Gasteiger partial charge in [0.05, 0.1) is 25.3 Å². The Hall–Kier alpha value is -3.72. The Bertz CT molecular complexity index is 1430. The highest BCUT2D eigenvalue weighted by atomic mass is 16.5. The smallest absolute Gasteiger partial charge is 0.252 e. The van der Waals surface area contributed by atoms with Gasteiger partial charge in [0.25, 0.3) is 5.56 Å². The zero-order chi connectivity index (χ0) is 27.3. The predicted molar refractivity (Wildman–Crippen MR) is 148 cm³/mol. The van der Waals surface area contributed by atoms with Gasteiger partial charge in [-0.1, -0.05) is 32.0 Å². The van der Waals surface area contributed by atoms with E-state index in [1.54, 1.807) is 7.11 Å². The van der Waals surface area contributed by atoms with Gasteiger partial charge in [0, 0.05) is 35.1 Å². The number of hydrogen-bond acceptors (Lipinski definition) is 7. The SMILES string of the molecule is CCOc1ccc2[nH]c(=O)c(CN(Cc3ccccc3OC)[C@@H](CC)c3nnnn3C(C)(C)CC)cc2c1. The van der Waals surface area contributed by atoms with Crippen LogP contribution in [0.2, 0.25) is 0 Å². The molecule has 0 spiro atoms. The first-order chi connectivity index (χ1) is 18.3. The lowest BCUT2D eigenvalue weighted by molar-refractivity contribution is 0.149. The molecule has 0 saturated carbocycles. The summed E-state index contributed by atoms with van der Waals surface area (Å²) in [6.07, 6.45) is 1.63. The average molecular weight is 519 g/mol. The topological polar surface area (TPSA) is 98.2 Å². The van der Waals surface area contributed by atoms with Crippen LogP contribution in [0.15, 0.2) is 53.3 Å². The van der Waals surface area contributed by atoms with Crippen molar-refractivity contribution in [2.24, 2.45) is 0 Å². The van der Waals surface area contributed by atoms with Crippen molar-refractivity contribution >= 4 is 10.9 Å². The normalized spacial score (nSPS) is 12.7. The molecule has 0 fully saturated rings. The highest BCUT2D eigenvalue weighted by molar-refractivity contribution is 5.80. The number of pyridine rings is 1. The van der Waals surface area contributed by atoms with Gasteiger partial charge in [-0.05, 0) is 74.4 Å². The summed E-state index contributed by atoms with van der Waals surface area (Å²) in [4.78, 5) is 18.5. The Morgan fingerprint density at radius 3 is 2.53 bits per heavy atom. The van der Waals surface area contributed by atoms with Crippen LogP contribution in [-0.2, 0) is 18.6 Å². The summed E-state index contributed by atoms with van der Waals surface area (Å²) in [5, 5.41) is 13.8. The van der Waals surface area contributed by atoms with Crippen molar-refractivity contribution in [1.29, 1.82) is 0 Å². The Labute approximate surface area is 223 Å². The third-order valence-corrected chi connectivity index (χ3v) is 7.20. The van der Waals surface area contributed by atoms with E-state index >= 15 is 0 Å². The molecule has 4 aromatic rings. The number of hydrogen-bond donors (Lipinski definition) is 1.